The van der Waals surface area contributed by atoms with Gasteiger partial charge in [0.2, 0.25) is 17.8 Å². The van der Waals surface area contributed by atoms with Gasteiger partial charge in [0.05, 0.1) is 6.54 Å². The second-order valence-electron chi connectivity index (χ2n) is 3.57. The summed E-state index contributed by atoms with van der Waals surface area (Å²) in [5, 5.41) is 9.42. The van der Waals surface area contributed by atoms with Crippen LogP contribution < -0.4 is 16.4 Å². The van der Waals surface area contributed by atoms with Crippen LogP contribution in [0, 0.1) is 0 Å². The van der Waals surface area contributed by atoms with E-state index in [-0.39, 0.29) is 30.3 Å². The molecule has 0 atom stereocenters. The van der Waals surface area contributed by atoms with Crippen LogP contribution in [0.5, 0.6) is 0 Å². The number of amides is 1. The quantitative estimate of drug-likeness (QED) is 0.643. The Morgan fingerprint density at radius 3 is 2.95 bits per heavy atom. The van der Waals surface area contributed by atoms with Crippen molar-refractivity contribution in [2.45, 2.75) is 6.92 Å². The summed E-state index contributed by atoms with van der Waals surface area (Å²) >= 11 is 0. The number of carbonyl (C=O) groups is 1. The molecule has 0 radical (unpaired) electrons. The number of carbonyl (C=O) groups excluding carboxylic acids is 1. The van der Waals surface area contributed by atoms with Gasteiger partial charge in [0.25, 0.3) is 5.95 Å². The van der Waals surface area contributed by atoms with Crippen LogP contribution in [0.25, 0.3) is 5.95 Å². The minimum absolute atomic E-state index is 0.0545. The number of hydrogen-bond acceptors (Lipinski definition) is 7. The molecular formula is C10H14N8O. The summed E-state index contributed by atoms with van der Waals surface area (Å²) in [6.45, 7) is 2.48. The summed E-state index contributed by atoms with van der Waals surface area (Å²) < 4.78 is 1.45. The molecule has 0 bridgehead atoms. The van der Waals surface area contributed by atoms with Crippen molar-refractivity contribution in [3.63, 3.8) is 0 Å². The second kappa shape index (κ2) is 5.76. The van der Waals surface area contributed by atoms with Crippen molar-refractivity contribution in [1.82, 2.24) is 30.0 Å². The molecule has 2 aromatic heterocycles. The maximum absolute atomic E-state index is 11.3. The standard InChI is InChI=1S/C10H14N8O/c1-2-12-7(19)6-13-9-15-8(11)16-10(17-9)18-5-3-4-14-18/h3-5H,2,6H2,1H3,(H,12,19)(H3,11,13,15,16,17). The van der Waals surface area contributed by atoms with Crippen LogP contribution in [0.15, 0.2) is 18.5 Å². The highest BCUT2D eigenvalue weighted by Gasteiger charge is 2.07. The molecule has 0 aliphatic rings. The third-order valence-electron chi connectivity index (χ3n) is 2.13. The third kappa shape index (κ3) is 3.37. The molecule has 1 amide bonds. The number of nitrogens with two attached hydrogens (primary N) is 1. The number of nitrogens with zero attached hydrogens (tertiary/aromatic N) is 5. The van der Waals surface area contributed by atoms with Crippen molar-refractivity contribution in [2.24, 2.45) is 0 Å². The topological polar surface area (TPSA) is 124 Å². The van der Waals surface area contributed by atoms with Gasteiger partial charge in [-0.1, -0.05) is 0 Å². The predicted molar refractivity (Wildman–Crippen MR) is 68.5 cm³/mol. The van der Waals surface area contributed by atoms with Crippen LogP contribution in [0.1, 0.15) is 6.92 Å². The van der Waals surface area contributed by atoms with E-state index in [1.54, 1.807) is 18.5 Å². The molecule has 19 heavy (non-hydrogen) atoms. The lowest BCUT2D eigenvalue weighted by atomic mass is 10.5. The van der Waals surface area contributed by atoms with E-state index in [1.165, 1.54) is 4.68 Å². The van der Waals surface area contributed by atoms with E-state index in [4.69, 9.17) is 5.73 Å². The van der Waals surface area contributed by atoms with Gasteiger partial charge in [-0.25, -0.2) is 4.68 Å². The van der Waals surface area contributed by atoms with Gasteiger partial charge in [0, 0.05) is 18.9 Å². The number of anilines is 2. The van der Waals surface area contributed by atoms with Crippen molar-refractivity contribution in [3.8, 4) is 5.95 Å². The molecule has 0 unspecified atom stereocenters. The van der Waals surface area contributed by atoms with Gasteiger partial charge in [-0.05, 0) is 13.0 Å². The van der Waals surface area contributed by atoms with Crippen molar-refractivity contribution >= 4 is 17.8 Å². The molecule has 2 aromatic rings. The Bertz CT molecular complexity index is 553. The minimum Gasteiger partial charge on any atom is -0.368 e. The zero-order valence-electron chi connectivity index (χ0n) is 10.4. The fraction of sp³-hybridized carbons (Fsp3) is 0.300. The fourth-order valence-electron chi connectivity index (χ4n) is 1.37. The van der Waals surface area contributed by atoms with E-state index >= 15 is 0 Å². The first-order chi connectivity index (χ1) is 9.19. The second-order valence-corrected chi connectivity index (χ2v) is 3.57. The number of nitrogens with one attached hydrogen (secondary N) is 2. The first-order valence-corrected chi connectivity index (χ1v) is 5.71. The minimum atomic E-state index is -0.151. The summed E-state index contributed by atoms with van der Waals surface area (Å²) in [4.78, 5) is 23.3. The van der Waals surface area contributed by atoms with Gasteiger partial charge in [0.15, 0.2) is 0 Å². The average molecular weight is 262 g/mol. The van der Waals surface area contributed by atoms with E-state index in [9.17, 15) is 4.79 Å². The summed E-state index contributed by atoms with van der Waals surface area (Å²) in [5.41, 5.74) is 5.59. The molecule has 0 saturated carbocycles. The Morgan fingerprint density at radius 1 is 1.42 bits per heavy atom. The Labute approximate surface area is 109 Å². The number of rotatable bonds is 5. The molecule has 0 fully saturated rings. The molecule has 9 nitrogen and oxygen atoms in total. The maximum atomic E-state index is 11.3. The molecular weight excluding hydrogens is 248 g/mol. The van der Waals surface area contributed by atoms with Gasteiger partial charge in [-0.3, -0.25) is 4.79 Å². The van der Waals surface area contributed by atoms with E-state index < -0.39 is 0 Å². The molecule has 2 heterocycles. The van der Waals surface area contributed by atoms with Gasteiger partial charge >= 0.3 is 0 Å². The first kappa shape index (κ1) is 12.7. The largest absolute Gasteiger partial charge is 0.368 e. The van der Waals surface area contributed by atoms with Gasteiger partial charge in [-0.2, -0.15) is 20.1 Å². The van der Waals surface area contributed by atoms with Crippen LogP contribution in [-0.4, -0.2) is 43.7 Å². The van der Waals surface area contributed by atoms with Crippen molar-refractivity contribution < 1.29 is 4.79 Å². The third-order valence-corrected chi connectivity index (χ3v) is 2.13. The fourth-order valence-corrected chi connectivity index (χ4v) is 1.37. The Morgan fingerprint density at radius 2 is 2.26 bits per heavy atom. The van der Waals surface area contributed by atoms with Crippen LogP contribution >= 0.6 is 0 Å². The average Bonchev–Trinajstić information content (AvgIpc) is 2.90. The zero-order valence-corrected chi connectivity index (χ0v) is 10.4. The lowest BCUT2D eigenvalue weighted by Crippen LogP contribution is -2.30. The molecule has 0 aromatic carbocycles. The van der Waals surface area contributed by atoms with Crippen molar-refractivity contribution in [2.75, 3.05) is 24.1 Å². The van der Waals surface area contributed by atoms with Crippen LogP contribution in [0.2, 0.25) is 0 Å². The lowest BCUT2D eigenvalue weighted by molar-refractivity contribution is -0.119. The molecule has 0 spiro atoms. The van der Waals surface area contributed by atoms with Gasteiger partial charge < -0.3 is 16.4 Å². The Balaban J connectivity index is 2.11. The van der Waals surface area contributed by atoms with Crippen LogP contribution in [0.3, 0.4) is 0 Å². The molecule has 9 heteroatoms. The van der Waals surface area contributed by atoms with Gasteiger partial charge in [0.1, 0.15) is 0 Å². The van der Waals surface area contributed by atoms with E-state index in [0.717, 1.165) is 0 Å². The molecule has 2 rings (SSSR count). The molecule has 0 aliphatic carbocycles. The monoisotopic (exact) mass is 262 g/mol. The zero-order chi connectivity index (χ0) is 13.7. The highest BCUT2D eigenvalue weighted by Crippen LogP contribution is 2.05. The number of nitrogen functional groups attached to an aromatic ring is 1. The van der Waals surface area contributed by atoms with E-state index in [2.05, 4.69) is 30.7 Å². The van der Waals surface area contributed by atoms with E-state index in [1.807, 2.05) is 6.92 Å². The van der Waals surface area contributed by atoms with Crippen molar-refractivity contribution in [3.05, 3.63) is 18.5 Å². The molecule has 100 valence electrons. The summed E-state index contributed by atoms with van der Waals surface area (Å²) in [7, 11) is 0. The highest BCUT2D eigenvalue weighted by atomic mass is 16.1. The Hall–Kier alpha value is -2.71. The highest BCUT2D eigenvalue weighted by molar-refractivity contribution is 5.80. The van der Waals surface area contributed by atoms with Crippen LogP contribution in [0.4, 0.5) is 11.9 Å². The van der Waals surface area contributed by atoms with Crippen LogP contribution in [-0.2, 0) is 4.79 Å². The SMILES string of the molecule is CCNC(=O)CNc1nc(N)nc(-n2cccn2)n1. The van der Waals surface area contributed by atoms with Crippen molar-refractivity contribution in [1.29, 1.82) is 0 Å². The van der Waals surface area contributed by atoms with E-state index in [0.29, 0.717) is 6.54 Å². The molecule has 0 aliphatic heterocycles. The predicted octanol–water partition coefficient (Wildman–Crippen LogP) is -0.812. The lowest BCUT2D eigenvalue weighted by Gasteiger charge is -2.07. The smallest absolute Gasteiger partial charge is 0.257 e. The number of aromatic nitrogens is 5. The molecule has 4 N–H and O–H groups in total. The van der Waals surface area contributed by atoms with Gasteiger partial charge in [-0.15, -0.1) is 0 Å². The molecule has 0 saturated heterocycles. The normalized spacial score (nSPS) is 10.2. The first-order valence-electron chi connectivity index (χ1n) is 5.71. The number of likely N-dealkylation sites (N-methyl/N-ethyl adjacent to an activating group) is 1. The summed E-state index contributed by atoms with van der Waals surface area (Å²) in [6.07, 6.45) is 3.28. The summed E-state index contributed by atoms with van der Waals surface area (Å²) in [5.74, 6) is 0.418. The summed E-state index contributed by atoms with van der Waals surface area (Å²) in [6, 6.07) is 1.74. The Kier molecular flexibility index (Phi) is 3.86. The maximum Gasteiger partial charge on any atom is 0.257 e. The number of hydrogen-bond donors (Lipinski definition) is 3.